The fraction of sp³-hybridized carbons (Fsp3) is 0.500. The highest BCUT2D eigenvalue weighted by atomic mass is 19.4. The lowest BCUT2D eigenvalue weighted by Gasteiger charge is -2.35. The molecule has 1 unspecified atom stereocenters. The molecule has 1 amide bonds. The Hall–Kier alpha value is -1.92. The van der Waals surface area contributed by atoms with Crippen LogP contribution in [-0.4, -0.2) is 31.2 Å². The Labute approximate surface area is 121 Å². The zero-order valence-electron chi connectivity index (χ0n) is 11.7. The molecule has 21 heavy (non-hydrogen) atoms. The van der Waals surface area contributed by atoms with Crippen LogP contribution in [0.5, 0.6) is 0 Å². The monoisotopic (exact) mass is 301 g/mol. The molecule has 1 aromatic rings. The number of nitrogens with one attached hydrogen (secondary N) is 1. The number of hydrogen-bond acceptors (Lipinski definition) is 3. The maximum Gasteiger partial charge on any atom is 0.405 e. The summed E-state index contributed by atoms with van der Waals surface area (Å²) in [6.07, 6.45) is -2.70. The first kappa shape index (κ1) is 15.5. The largest absolute Gasteiger partial charge is 0.405 e. The van der Waals surface area contributed by atoms with Gasteiger partial charge in [0, 0.05) is 17.9 Å². The SMILES string of the molecule is CC(C(=O)NCC(F)(F)F)N1CCCc2cc(N)ccc21. The molecule has 0 saturated heterocycles. The predicted octanol–water partition coefficient (Wildman–Crippen LogP) is 2.09. The molecule has 0 aliphatic carbocycles. The van der Waals surface area contributed by atoms with E-state index in [-0.39, 0.29) is 0 Å². The number of carbonyl (C=O) groups is 1. The molecule has 1 aliphatic rings. The molecular formula is C14H18F3N3O. The van der Waals surface area contributed by atoms with Gasteiger partial charge < -0.3 is 16.0 Å². The van der Waals surface area contributed by atoms with Gasteiger partial charge in [0.05, 0.1) is 0 Å². The number of nitrogens with zero attached hydrogens (tertiary/aromatic N) is 1. The number of rotatable bonds is 3. The Bertz CT molecular complexity index is 531. The zero-order valence-corrected chi connectivity index (χ0v) is 11.7. The third-order valence-electron chi connectivity index (χ3n) is 3.57. The first-order valence-corrected chi connectivity index (χ1v) is 6.77. The Morgan fingerprint density at radius 1 is 1.48 bits per heavy atom. The van der Waals surface area contributed by atoms with Crippen molar-refractivity contribution in [1.82, 2.24) is 5.32 Å². The van der Waals surface area contributed by atoms with E-state index >= 15 is 0 Å². The van der Waals surface area contributed by atoms with Crippen LogP contribution in [0, 0.1) is 0 Å². The predicted molar refractivity (Wildman–Crippen MR) is 75.0 cm³/mol. The molecular weight excluding hydrogens is 283 g/mol. The number of anilines is 2. The number of nitrogens with two attached hydrogens (primary N) is 1. The highest BCUT2D eigenvalue weighted by Crippen LogP contribution is 2.30. The molecule has 2 rings (SSSR count). The minimum atomic E-state index is -4.40. The Kier molecular flexibility index (Phi) is 4.29. The van der Waals surface area contributed by atoms with Crippen LogP contribution >= 0.6 is 0 Å². The summed E-state index contributed by atoms with van der Waals surface area (Å²) >= 11 is 0. The van der Waals surface area contributed by atoms with Crippen molar-refractivity contribution in [3.8, 4) is 0 Å². The molecule has 1 aliphatic heterocycles. The van der Waals surface area contributed by atoms with Crippen molar-refractivity contribution in [3.63, 3.8) is 0 Å². The van der Waals surface area contributed by atoms with Gasteiger partial charge >= 0.3 is 6.18 Å². The molecule has 1 heterocycles. The highest BCUT2D eigenvalue weighted by Gasteiger charge is 2.31. The maximum absolute atomic E-state index is 12.2. The standard InChI is InChI=1S/C14H18F3N3O/c1-9(13(21)19-8-14(15,16)17)20-6-2-3-10-7-11(18)4-5-12(10)20/h4-5,7,9H,2-3,6,8,18H2,1H3,(H,19,21). The van der Waals surface area contributed by atoms with Crippen LogP contribution in [-0.2, 0) is 11.2 Å². The molecule has 116 valence electrons. The van der Waals surface area contributed by atoms with Crippen LogP contribution in [0.25, 0.3) is 0 Å². The van der Waals surface area contributed by atoms with Gasteiger partial charge in [-0.15, -0.1) is 0 Å². The van der Waals surface area contributed by atoms with Crippen molar-refractivity contribution in [2.45, 2.75) is 32.0 Å². The van der Waals surface area contributed by atoms with Gasteiger partial charge in [-0.2, -0.15) is 13.2 Å². The second kappa shape index (κ2) is 5.83. The van der Waals surface area contributed by atoms with Crippen LogP contribution in [0.4, 0.5) is 24.5 Å². The van der Waals surface area contributed by atoms with E-state index < -0.39 is 24.7 Å². The number of aryl methyl sites for hydroxylation is 1. The van der Waals surface area contributed by atoms with Gasteiger partial charge in [0.2, 0.25) is 5.91 Å². The van der Waals surface area contributed by atoms with Gasteiger partial charge in [-0.3, -0.25) is 4.79 Å². The van der Waals surface area contributed by atoms with E-state index in [9.17, 15) is 18.0 Å². The molecule has 0 saturated carbocycles. The summed E-state index contributed by atoms with van der Waals surface area (Å²) in [6.45, 7) is 0.938. The van der Waals surface area contributed by atoms with Crippen LogP contribution in [0.1, 0.15) is 18.9 Å². The number of nitrogen functional groups attached to an aromatic ring is 1. The Morgan fingerprint density at radius 2 is 2.19 bits per heavy atom. The van der Waals surface area contributed by atoms with E-state index in [4.69, 9.17) is 5.73 Å². The molecule has 0 aromatic heterocycles. The molecule has 0 spiro atoms. The average Bonchev–Trinajstić information content (AvgIpc) is 2.42. The summed E-state index contributed by atoms with van der Waals surface area (Å²) < 4.78 is 36.5. The minimum Gasteiger partial charge on any atom is -0.399 e. The van der Waals surface area contributed by atoms with Crippen molar-refractivity contribution in [1.29, 1.82) is 0 Å². The third kappa shape index (κ3) is 3.80. The maximum atomic E-state index is 12.2. The van der Waals surface area contributed by atoms with Crippen molar-refractivity contribution in [2.75, 3.05) is 23.7 Å². The van der Waals surface area contributed by atoms with Gasteiger partial charge in [0.15, 0.2) is 0 Å². The average molecular weight is 301 g/mol. The highest BCUT2D eigenvalue weighted by molar-refractivity contribution is 5.85. The van der Waals surface area contributed by atoms with Gasteiger partial charge in [0.25, 0.3) is 0 Å². The topological polar surface area (TPSA) is 58.4 Å². The van der Waals surface area contributed by atoms with E-state index in [1.807, 2.05) is 22.3 Å². The molecule has 3 N–H and O–H groups in total. The second-order valence-corrected chi connectivity index (χ2v) is 5.19. The molecule has 1 atom stereocenters. The summed E-state index contributed by atoms with van der Waals surface area (Å²) in [5.74, 6) is -0.628. The van der Waals surface area contributed by atoms with E-state index in [0.717, 1.165) is 24.1 Å². The van der Waals surface area contributed by atoms with E-state index in [0.29, 0.717) is 12.2 Å². The quantitative estimate of drug-likeness (QED) is 0.841. The summed E-state index contributed by atoms with van der Waals surface area (Å²) in [5, 5.41) is 1.93. The fourth-order valence-corrected chi connectivity index (χ4v) is 2.53. The number of fused-ring (bicyclic) bond motifs is 1. The second-order valence-electron chi connectivity index (χ2n) is 5.19. The summed E-state index contributed by atoms with van der Waals surface area (Å²) in [6, 6.07) is 4.74. The smallest absolute Gasteiger partial charge is 0.399 e. The van der Waals surface area contributed by atoms with Crippen LogP contribution in [0.15, 0.2) is 18.2 Å². The van der Waals surface area contributed by atoms with E-state index in [2.05, 4.69) is 0 Å². The van der Waals surface area contributed by atoms with Crippen molar-refractivity contribution in [2.24, 2.45) is 0 Å². The number of halogens is 3. The fourth-order valence-electron chi connectivity index (χ4n) is 2.53. The van der Waals surface area contributed by atoms with Gasteiger partial charge in [-0.25, -0.2) is 0 Å². The van der Waals surface area contributed by atoms with E-state index in [1.165, 1.54) is 0 Å². The summed E-state index contributed by atoms with van der Waals surface area (Å²) in [4.78, 5) is 13.7. The van der Waals surface area contributed by atoms with Crippen molar-refractivity contribution < 1.29 is 18.0 Å². The summed E-state index contributed by atoms with van der Waals surface area (Å²) in [7, 11) is 0. The minimum absolute atomic E-state index is 0.628. The van der Waals surface area contributed by atoms with Crippen LogP contribution < -0.4 is 16.0 Å². The van der Waals surface area contributed by atoms with Crippen molar-refractivity contribution in [3.05, 3.63) is 23.8 Å². The molecule has 0 bridgehead atoms. The summed E-state index contributed by atoms with van der Waals surface area (Å²) in [5.41, 5.74) is 8.27. The molecule has 4 nitrogen and oxygen atoms in total. The van der Waals surface area contributed by atoms with Crippen LogP contribution in [0.2, 0.25) is 0 Å². The van der Waals surface area contributed by atoms with Gasteiger partial charge in [0.1, 0.15) is 12.6 Å². The van der Waals surface area contributed by atoms with Crippen molar-refractivity contribution >= 4 is 17.3 Å². The molecule has 0 radical (unpaired) electrons. The molecule has 1 aromatic carbocycles. The van der Waals surface area contributed by atoms with Gasteiger partial charge in [-0.1, -0.05) is 0 Å². The first-order chi connectivity index (χ1) is 9.78. The van der Waals surface area contributed by atoms with Gasteiger partial charge in [-0.05, 0) is 43.5 Å². The number of carbonyl (C=O) groups excluding carboxylic acids is 1. The normalized spacial score (nSPS) is 16.3. The first-order valence-electron chi connectivity index (χ1n) is 6.77. The molecule has 7 heteroatoms. The zero-order chi connectivity index (χ0) is 15.6. The Balaban J connectivity index is 2.10. The van der Waals surface area contributed by atoms with Crippen LogP contribution in [0.3, 0.4) is 0 Å². The number of alkyl halides is 3. The number of benzene rings is 1. The number of amides is 1. The van der Waals surface area contributed by atoms with E-state index in [1.54, 1.807) is 13.0 Å². The third-order valence-corrected chi connectivity index (χ3v) is 3.57. The lowest BCUT2D eigenvalue weighted by molar-refractivity contribution is -0.139. The number of hydrogen-bond donors (Lipinski definition) is 2. The lowest BCUT2D eigenvalue weighted by Crippen LogP contribution is -2.49. The Morgan fingerprint density at radius 3 is 2.86 bits per heavy atom. The lowest BCUT2D eigenvalue weighted by atomic mass is 9.99. The molecule has 0 fully saturated rings.